The van der Waals surface area contributed by atoms with Gasteiger partial charge in [0.15, 0.2) is 0 Å². The third-order valence-corrected chi connectivity index (χ3v) is 2.30. The molecule has 0 saturated carbocycles. The summed E-state index contributed by atoms with van der Waals surface area (Å²) >= 11 is 0. The number of ether oxygens (including phenoxy) is 1. The molecule has 4 heteroatoms. The van der Waals surface area contributed by atoms with E-state index in [2.05, 4.69) is 10.2 Å². The SMILES string of the molecule is COC(=O)C(C)(CCN(C)C)NC(C)C. The van der Waals surface area contributed by atoms with Crippen LogP contribution in [0.4, 0.5) is 0 Å². The molecule has 0 aromatic heterocycles. The predicted molar refractivity (Wildman–Crippen MR) is 61.9 cm³/mol. The molecule has 1 unspecified atom stereocenters. The van der Waals surface area contributed by atoms with Gasteiger partial charge in [-0.25, -0.2) is 0 Å². The van der Waals surface area contributed by atoms with Crippen LogP contribution in [0.25, 0.3) is 0 Å². The summed E-state index contributed by atoms with van der Waals surface area (Å²) in [4.78, 5) is 13.7. The molecule has 0 saturated heterocycles. The highest BCUT2D eigenvalue weighted by molar-refractivity contribution is 5.80. The van der Waals surface area contributed by atoms with Gasteiger partial charge in [0.1, 0.15) is 5.54 Å². The summed E-state index contributed by atoms with van der Waals surface area (Å²) in [5.74, 6) is -0.196. The van der Waals surface area contributed by atoms with E-state index in [0.29, 0.717) is 0 Å². The maximum atomic E-state index is 11.7. The van der Waals surface area contributed by atoms with E-state index in [1.807, 2.05) is 34.9 Å². The lowest BCUT2D eigenvalue weighted by Gasteiger charge is -2.31. The van der Waals surface area contributed by atoms with Crippen LogP contribution in [0.5, 0.6) is 0 Å². The van der Waals surface area contributed by atoms with E-state index in [0.717, 1.165) is 13.0 Å². The van der Waals surface area contributed by atoms with Crippen LogP contribution in [0.15, 0.2) is 0 Å². The second-order valence-corrected chi connectivity index (χ2v) is 4.68. The van der Waals surface area contributed by atoms with Gasteiger partial charge in [-0.1, -0.05) is 0 Å². The highest BCUT2D eigenvalue weighted by atomic mass is 16.5. The zero-order chi connectivity index (χ0) is 12.1. The van der Waals surface area contributed by atoms with Crippen LogP contribution >= 0.6 is 0 Å². The summed E-state index contributed by atoms with van der Waals surface area (Å²) in [6, 6.07) is 0.260. The average molecular weight is 216 g/mol. The minimum Gasteiger partial charge on any atom is -0.468 e. The third kappa shape index (κ3) is 5.14. The molecule has 0 fully saturated rings. The van der Waals surface area contributed by atoms with Crippen molar-refractivity contribution in [3.63, 3.8) is 0 Å². The molecule has 0 heterocycles. The van der Waals surface area contributed by atoms with Crippen molar-refractivity contribution in [1.29, 1.82) is 0 Å². The summed E-state index contributed by atoms with van der Waals surface area (Å²) < 4.78 is 4.83. The van der Waals surface area contributed by atoms with Crippen molar-refractivity contribution in [2.45, 2.75) is 38.8 Å². The smallest absolute Gasteiger partial charge is 0.325 e. The minimum absolute atomic E-state index is 0.196. The Labute approximate surface area is 93.0 Å². The number of hydrogen-bond donors (Lipinski definition) is 1. The zero-order valence-corrected chi connectivity index (χ0v) is 10.8. The van der Waals surface area contributed by atoms with Crippen LogP contribution in [0, 0.1) is 0 Å². The summed E-state index contributed by atoms with van der Waals surface area (Å²) in [5.41, 5.74) is -0.590. The highest BCUT2D eigenvalue weighted by Gasteiger charge is 2.34. The van der Waals surface area contributed by atoms with Crippen LogP contribution in [0.3, 0.4) is 0 Å². The summed E-state index contributed by atoms with van der Waals surface area (Å²) in [7, 11) is 5.42. The van der Waals surface area contributed by atoms with E-state index in [9.17, 15) is 4.79 Å². The number of carbonyl (C=O) groups excluding carboxylic acids is 1. The van der Waals surface area contributed by atoms with Gasteiger partial charge in [-0.3, -0.25) is 10.1 Å². The first-order valence-corrected chi connectivity index (χ1v) is 5.32. The van der Waals surface area contributed by atoms with E-state index < -0.39 is 5.54 Å². The molecule has 90 valence electrons. The molecule has 0 radical (unpaired) electrons. The van der Waals surface area contributed by atoms with E-state index in [1.54, 1.807) is 0 Å². The molecule has 0 bridgehead atoms. The van der Waals surface area contributed by atoms with Crippen molar-refractivity contribution in [3.05, 3.63) is 0 Å². The topological polar surface area (TPSA) is 41.6 Å². The largest absolute Gasteiger partial charge is 0.468 e. The Morgan fingerprint density at radius 3 is 2.33 bits per heavy atom. The van der Waals surface area contributed by atoms with Gasteiger partial charge in [-0.05, 0) is 47.8 Å². The standard InChI is InChI=1S/C11H24N2O2/c1-9(2)12-11(3,10(14)15-6)7-8-13(4)5/h9,12H,7-8H2,1-6H3. The Kier molecular flexibility index (Phi) is 5.83. The lowest BCUT2D eigenvalue weighted by molar-refractivity contribution is -0.148. The molecule has 1 atom stereocenters. The van der Waals surface area contributed by atoms with Gasteiger partial charge in [0, 0.05) is 6.04 Å². The van der Waals surface area contributed by atoms with Crippen molar-refractivity contribution in [1.82, 2.24) is 10.2 Å². The van der Waals surface area contributed by atoms with Crippen molar-refractivity contribution in [3.8, 4) is 0 Å². The number of hydrogen-bond acceptors (Lipinski definition) is 4. The maximum Gasteiger partial charge on any atom is 0.325 e. The summed E-state index contributed by atoms with van der Waals surface area (Å²) in [6.45, 7) is 6.79. The normalized spacial score (nSPS) is 15.5. The van der Waals surface area contributed by atoms with Gasteiger partial charge in [0.25, 0.3) is 0 Å². The third-order valence-electron chi connectivity index (χ3n) is 2.30. The number of nitrogens with one attached hydrogen (secondary N) is 1. The lowest BCUT2D eigenvalue weighted by atomic mass is 9.96. The molecule has 0 aromatic carbocycles. The van der Waals surface area contributed by atoms with Crippen LogP contribution < -0.4 is 5.32 Å². The Morgan fingerprint density at radius 2 is 2.00 bits per heavy atom. The lowest BCUT2D eigenvalue weighted by Crippen LogP contribution is -2.54. The van der Waals surface area contributed by atoms with Crippen molar-refractivity contribution < 1.29 is 9.53 Å². The monoisotopic (exact) mass is 216 g/mol. The number of carbonyl (C=O) groups is 1. The highest BCUT2D eigenvalue weighted by Crippen LogP contribution is 2.13. The molecule has 15 heavy (non-hydrogen) atoms. The molecular weight excluding hydrogens is 192 g/mol. The molecule has 0 spiro atoms. The van der Waals surface area contributed by atoms with Gasteiger partial charge in [0.2, 0.25) is 0 Å². The van der Waals surface area contributed by atoms with Crippen LogP contribution in [-0.2, 0) is 9.53 Å². The van der Waals surface area contributed by atoms with Gasteiger partial charge < -0.3 is 9.64 Å². The summed E-state index contributed by atoms with van der Waals surface area (Å²) in [6.07, 6.45) is 0.741. The fraction of sp³-hybridized carbons (Fsp3) is 0.909. The van der Waals surface area contributed by atoms with Gasteiger partial charge in [-0.15, -0.1) is 0 Å². The first-order chi connectivity index (χ1) is 6.81. The minimum atomic E-state index is -0.590. The summed E-state index contributed by atoms with van der Waals surface area (Å²) in [5, 5.41) is 3.26. The molecule has 0 aliphatic rings. The molecule has 0 amide bonds. The number of esters is 1. The average Bonchev–Trinajstić information content (AvgIpc) is 2.12. The van der Waals surface area contributed by atoms with Crippen LogP contribution in [-0.4, -0.2) is 50.2 Å². The van der Waals surface area contributed by atoms with E-state index in [-0.39, 0.29) is 12.0 Å². The van der Waals surface area contributed by atoms with Crippen molar-refractivity contribution in [2.75, 3.05) is 27.7 Å². The molecule has 0 rings (SSSR count). The Hall–Kier alpha value is -0.610. The van der Waals surface area contributed by atoms with Crippen LogP contribution in [0.2, 0.25) is 0 Å². The van der Waals surface area contributed by atoms with Gasteiger partial charge in [-0.2, -0.15) is 0 Å². The van der Waals surface area contributed by atoms with E-state index >= 15 is 0 Å². The number of rotatable bonds is 6. The maximum absolute atomic E-state index is 11.7. The number of nitrogens with zero attached hydrogens (tertiary/aromatic N) is 1. The Bertz CT molecular complexity index is 205. The van der Waals surface area contributed by atoms with Gasteiger partial charge >= 0.3 is 5.97 Å². The molecule has 0 aliphatic heterocycles. The first-order valence-electron chi connectivity index (χ1n) is 5.32. The Balaban J connectivity index is 4.47. The first kappa shape index (κ1) is 14.4. The number of methoxy groups -OCH3 is 1. The van der Waals surface area contributed by atoms with Crippen molar-refractivity contribution in [2.24, 2.45) is 0 Å². The quantitative estimate of drug-likeness (QED) is 0.669. The van der Waals surface area contributed by atoms with Gasteiger partial charge in [0.05, 0.1) is 7.11 Å². The molecule has 1 N–H and O–H groups in total. The fourth-order valence-corrected chi connectivity index (χ4v) is 1.54. The van der Waals surface area contributed by atoms with E-state index in [1.165, 1.54) is 7.11 Å². The van der Waals surface area contributed by atoms with Crippen LogP contribution in [0.1, 0.15) is 27.2 Å². The molecule has 0 aliphatic carbocycles. The van der Waals surface area contributed by atoms with Crippen molar-refractivity contribution >= 4 is 5.97 Å². The predicted octanol–water partition coefficient (Wildman–Crippen LogP) is 0.868. The zero-order valence-electron chi connectivity index (χ0n) is 10.8. The molecule has 0 aromatic rings. The second kappa shape index (κ2) is 6.08. The van der Waals surface area contributed by atoms with E-state index in [4.69, 9.17) is 4.74 Å². The second-order valence-electron chi connectivity index (χ2n) is 4.68. The fourth-order valence-electron chi connectivity index (χ4n) is 1.54. The molecular formula is C11H24N2O2. The molecule has 4 nitrogen and oxygen atoms in total. The Morgan fingerprint density at radius 1 is 1.47 bits per heavy atom.